The minimum absolute atomic E-state index is 0.0878. The Morgan fingerprint density at radius 3 is 1.55 bits per heavy atom. The largest absolute Gasteiger partial charge is 0.486 e. The number of hydrogen-bond acceptors (Lipinski definition) is 18. The van der Waals surface area contributed by atoms with E-state index in [2.05, 4.69) is 44.2 Å². The zero-order valence-corrected chi connectivity index (χ0v) is 37.6. The maximum atomic E-state index is 9.90. The Balaban J connectivity index is 0.000000166. The lowest BCUT2D eigenvalue weighted by atomic mass is 9.93. The van der Waals surface area contributed by atoms with Crippen molar-refractivity contribution in [3.8, 4) is 69.5 Å². The fourth-order valence-corrected chi connectivity index (χ4v) is 8.97. The first kappa shape index (κ1) is 45.3. The molecule has 7 aromatic rings. The van der Waals surface area contributed by atoms with Crippen LogP contribution in [0, 0.1) is 59.2 Å². The molecule has 2 aliphatic heterocycles. The van der Waals surface area contributed by atoms with Gasteiger partial charge in [-0.15, -0.1) is 22.7 Å². The summed E-state index contributed by atoms with van der Waals surface area (Å²) in [4.78, 5) is 18.2. The molecule has 0 unspecified atom stereocenters. The first-order chi connectivity index (χ1) is 31.6. The van der Waals surface area contributed by atoms with Crippen molar-refractivity contribution in [2.75, 3.05) is 37.9 Å². The van der Waals surface area contributed by atoms with Crippen LogP contribution in [0.4, 0.5) is 11.6 Å². The summed E-state index contributed by atoms with van der Waals surface area (Å²) in [6, 6.07) is 28.9. The number of hydrogen-bond donors (Lipinski definition) is 3. The Morgan fingerprint density at radius 1 is 0.585 bits per heavy atom. The van der Waals surface area contributed by atoms with Crippen molar-refractivity contribution in [1.29, 1.82) is 21.0 Å². The summed E-state index contributed by atoms with van der Waals surface area (Å²) in [5.74, 6) is 2.62. The van der Waals surface area contributed by atoms with Crippen LogP contribution in [-0.2, 0) is 19.4 Å². The molecule has 2 aliphatic rings. The number of aromatic nitrogens is 4. The summed E-state index contributed by atoms with van der Waals surface area (Å²) in [5, 5.41) is 45.6. The Morgan fingerprint density at radius 2 is 1.08 bits per heavy atom. The van der Waals surface area contributed by atoms with Gasteiger partial charge in [0, 0.05) is 33.3 Å². The van der Waals surface area contributed by atoms with Crippen LogP contribution >= 0.6 is 34.4 Å². The number of ether oxygens (including phenoxy) is 4. The van der Waals surface area contributed by atoms with Crippen LogP contribution in [0.25, 0.3) is 22.3 Å². The number of nitriles is 4. The van der Waals surface area contributed by atoms with Gasteiger partial charge in [0.05, 0.1) is 38.2 Å². The molecule has 18 heteroatoms. The fourth-order valence-electron chi connectivity index (χ4n) is 6.79. The van der Waals surface area contributed by atoms with Crippen LogP contribution in [0.1, 0.15) is 49.4 Å². The SMILES string of the molecule is Cc1nc(CCc2nc(N)c(C#N)c(-c3ccc4c(c3)OCCO4)c2C#N)cs1.Cc1nc(CN)cs1.N#Cc1c(N)nc(Sc2ccccc2)c(C#N)c1-c1ccc2c(c1)OCCO2. The molecule has 0 saturated carbocycles. The van der Waals surface area contributed by atoms with E-state index < -0.39 is 0 Å². The zero-order valence-electron chi connectivity index (χ0n) is 35.1. The molecule has 9 rings (SSSR count). The number of nitrogens with two attached hydrogens (primary N) is 3. The summed E-state index contributed by atoms with van der Waals surface area (Å²) in [7, 11) is 0. The van der Waals surface area contributed by atoms with Crippen LogP contribution in [0.3, 0.4) is 0 Å². The summed E-state index contributed by atoms with van der Waals surface area (Å²) in [6.07, 6.45) is 1.14. The van der Waals surface area contributed by atoms with Crippen LogP contribution in [-0.4, -0.2) is 46.4 Å². The molecule has 0 radical (unpaired) electrons. The number of pyridine rings is 2. The van der Waals surface area contributed by atoms with Gasteiger partial charge in [-0.1, -0.05) is 42.1 Å². The van der Waals surface area contributed by atoms with E-state index in [-0.39, 0.29) is 22.8 Å². The van der Waals surface area contributed by atoms with E-state index in [1.54, 1.807) is 59.1 Å². The van der Waals surface area contributed by atoms with Gasteiger partial charge in [0.2, 0.25) is 0 Å². The third-order valence-corrected chi connectivity index (χ3v) is 12.4. The minimum atomic E-state index is 0.0878. The Labute approximate surface area is 387 Å². The second-order valence-corrected chi connectivity index (χ2v) is 17.2. The molecular formula is C47H39N11O4S3. The lowest BCUT2D eigenvalue weighted by Gasteiger charge is -2.20. The molecule has 0 fully saturated rings. The number of aryl methyl sites for hydroxylation is 4. The summed E-state index contributed by atoms with van der Waals surface area (Å²) < 4.78 is 22.4. The van der Waals surface area contributed by atoms with Gasteiger partial charge in [-0.05, 0) is 74.2 Å². The second kappa shape index (κ2) is 21.1. The maximum absolute atomic E-state index is 9.90. The van der Waals surface area contributed by atoms with Gasteiger partial charge in [0.25, 0.3) is 0 Å². The predicted octanol–water partition coefficient (Wildman–Crippen LogP) is 8.30. The minimum Gasteiger partial charge on any atom is -0.486 e. The molecule has 324 valence electrons. The van der Waals surface area contributed by atoms with Gasteiger partial charge in [-0.2, -0.15) is 21.0 Å². The molecular weight excluding hydrogens is 879 g/mol. The average Bonchev–Trinajstić information content (AvgIpc) is 3.97. The van der Waals surface area contributed by atoms with Crippen molar-refractivity contribution in [3.63, 3.8) is 0 Å². The molecule has 0 amide bonds. The number of anilines is 2. The number of nitrogens with zero attached hydrogens (tertiary/aromatic N) is 8. The first-order valence-corrected chi connectivity index (χ1v) is 22.5. The number of thiazole rings is 2. The lowest BCUT2D eigenvalue weighted by molar-refractivity contribution is 0.171. The highest BCUT2D eigenvalue weighted by Gasteiger charge is 2.24. The van der Waals surface area contributed by atoms with Crippen LogP contribution in [0.15, 0.2) is 87.4 Å². The quantitative estimate of drug-likeness (QED) is 0.129. The Kier molecular flexibility index (Phi) is 14.7. The summed E-state index contributed by atoms with van der Waals surface area (Å²) in [6.45, 7) is 6.35. The smallest absolute Gasteiger partial charge is 0.161 e. The maximum Gasteiger partial charge on any atom is 0.161 e. The van der Waals surface area contributed by atoms with Crippen molar-refractivity contribution in [3.05, 3.63) is 127 Å². The average molecular weight is 918 g/mol. The van der Waals surface area contributed by atoms with E-state index in [0.29, 0.717) is 113 Å². The molecule has 0 aliphatic carbocycles. The van der Waals surface area contributed by atoms with Crippen LogP contribution in [0.5, 0.6) is 23.0 Å². The van der Waals surface area contributed by atoms with E-state index in [0.717, 1.165) is 26.3 Å². The number of benzene rings is 3. The van der Waals surface area contributed by atoms with Crippen molar-refractivity contribution in [2.45, 2.75) is 43.2 Å². The number of rotatable bonds is 8. The van der Waals surface area contributed by atoms with Gasteiger partial charge in [0.1, 0.15) is 78.5 Å². The number of nitrogen functional groups attached to an aromatic ring is 2. The number of fused-ring (bicyclic) bond motifs is 2. The van der Waals surface area contributed by atoms with E-state index >= 15 is 0 Å². The fraction of sp³-hybridized carbons (Fsp3) is 0.191. The standard InChI is InChI=1S/C21H17N5O2S.C21H14N4O2S.C5H8N2S/c1-12-25-14(11-29-12)3-4-17-15(9-22)20(16(10-23)21(24)26-17)13-2-5-18-19(8-13)28-7-6-27-18;22-11-15-19(13-6-7-17-18(10-13)27-9-8-26-17)16(12-23)21(25-20(15)24)28-14-4-2-1-3-5-14;1-4-7-5(2-6)3-8-4/h2,5,8,11H,3-4,6-7H2,1H3,(H2,24,26);1-7,10H,8-9H2,(H2,24,25);3H,2,6H2,1H3. The second-order valence-electron chi connectivity index (χ2n) is 14.0. The van der Waals surface area contributed by atoms with E-state index in [1.807, 2.05) is 54.9 Å². The highest BCUT2D eigenvalue weighted by atomic mass is 32.2. The van der Waals surface area contributed by atoms with Crippen molar-refractivity contribution in [1.82, 2.24) is 19.9 Å². The van der Waals surface area contributed by atoms with Crippen molar-refractivity contribution >= 4 is 46.1 Å². The summed E-state index contributed by atoms with van der Waals surface area (Å²) in [5.41, 5.74) is 23.2. The molecule has 3 aromatic carbocycles. The van der Waals surface area contributed by atoms with E-state index in [1.165, 1.54) is 11.8 Å². The highest BCUT2D eigenvalue weighted by molar-refractivity contribution is 7.99. The van der Waals surface area contributed by atoms with Gasteiger partial charge in [0.15, 0.2) is 23.0 Å². The van der Waals surface area contributed by atoms with Crippen LogP contribution < -0.4 is 36.1 Å². The van der Waals surface area contributed by atoms with Gasteiger partial charge >= 0.3 is 0 Å². The van der Waals surface area contributed by atoms with Crippen molar-refractivity contribution in [2.24, 2.45) is 5.73 Å². The molecule has 4 aromatic heterocycles. The highest BCUT2D eigenvalue weighted by Crippen LogP contribution is 2.42. The first-order valence-electron chi connectivity index (χ1n) is 20.0. The third-order valence-electron chi connectivity index (χ3n) is 9.72. The Hall–Kier alpha value is -7.71. The third kappa shape index (κ3) is 10.6. The molecule has 0 atom stereocenters. The van der Waals surface area contributed by atoms with Crippen LogP contribution in [0.2, 0.25) is 0 Å². The normalized spacial score (nSPS) is 11.9. The van der Waals surface area contributed by atoms with Gasteiger partial charge in [-0.25, -0.2) is 19.9 Å². The lowest BCUT2D eigenvalue weighted by Crippen LogP contribution is -2.15. The topological polar surface area (TPSA) is 262 Å². The molecule has 65 heavy (non-hydrogen) atoms. The molecule has 6 N–H and O–H groups in total. The van der Waals surface area contributed by atoms with Gasteiger partial charge < -0.3 is 36.1 Å². The molecule has 0 saturated heterocycles. The van der Waals surface area contributed by atoms with E-state index in [9.17, 15) is 21.0 Å². The molecule has 6 heterocycles. The van der Waals surface area contributed by atoms with Crippen molar-refractivity contribution < 1.29 is 18.9 Å². The monoisotopic (exact) mass is 917 g/mol. The zero-order chi connectivity index (χ0) is 45.9. The summed E-state index contributed by atoms with van der Waals surface area (Å²) >= 11 is 4.55. The Bertz CT molecular complexity index is 3040. The predicted molar refractivity (Wildman–Crippen MR) is 249 cm³/mol. The molecule has 0 spiro atoms. The van der Waals surface area contributed by atoms with E-state index in [4.69, 9.17) is 36.1 Å². The van der Waals surface area contributed by atoms with Gasteiger partial charge in [-0.3, -0.25) is 0 Å². The molecule has 15 nitrogen and oxygen atoms in total. The molecule has 0 bridgehead atoms.